The molecule has 0 saturated carbocycles. The molecule has 1 atom stereocenters. The molecule has 1 N–H and O–H groups in total. The van der Waals surface area contributed by atoms with E-state index in [9.17, 15) is 18.0 Å². The maximum Gasteiger partial charge on any atom is 0.416 e. The largest absolute Gasteiger partial charge is 0.493 e. The molecule has 7 heteroatoms. The van der Waals surface area contributed by atoms with Crippen LogP contribution in [-0.4, -0.2) is 24.3 Å². The van der Waals surface area contributed by atoms with Gasteiger partial charge in [-0.1, -0.05) is 32.9 Å². The van der Waals surface area contributed by atoms with Crippen LogP contribution in [0.15, 0.2) is 48.5 Å². The Bertz CT molecular complexity index is 796. The zero-order valence-electron chi connectivity index (χ0n) is 16.6. The number of carbonyl (C=O) groups is 1. The average molecular weight is 410 g/mol. The molecule has 158 valence electrons. The molecule has 2 rings (SSSR count). The Kier molecular flexibility index (Phi) is 7.16. The van der Waals surface area contributed by atoms with E-state index < -0.39 is 17.7 Å². The first-order valence-electron chi connectivity index (χ1n) is 9.21. The van der Waals surface area contributed by atoms with Gasteiger partial charge >= 0.3 is 12.1 Å². The highest BCUT2D eigenvalue weighted by Crippen LogP contribution is 2.31. The smallest absolute Gasteiger partial charge is 0.416 e. The molecular weight excluding hydrogens is 385 g/mol. The molecule has 0 saturated heterocycles. The van der Waals surface area contributed by atoms with Crippen molar-refractivity contribution in [2.45, 2.75) is 39.3 Å². The van der Waals surface area contributed by atoms with Crippen molar-refractivity contribution in [3.8, 4) is 11.5 Å². The van der Waals surface area contributed by atoms with Crippen molar-refractivity contribution in [1.29, 1.82) is 0 Å². The van der Waals surface area contributed by atoms with Crippen molar-refractivity contribution >= 4 is 5.97 Å². The number of rotatable bonds is 9. The van der Waals surface area contributed by atoms with Gasteiger partial charge in [-0.15, -0.1) is 0 Å². The molecule has 0 heterocycles. The second-order valence-electron chi connectivity index (χ2n) is 7.83. The lowest BCUT2D eigenvalue weighted by Crippen LogP contribution is -2.28. The number of carboxylic acids is 1. The molecular formula is C22H25F3O4. The third-order valence-electron chi connectivity index (χ3n) is 4.37. The summed E-state index contributed by atoms with van der Waals surface area (Å²) in [5.41, 5.74) is -0.170. The van der Waals surface area contributed by atoms with Crippen LogP contribution in [0.5, 0.6) is 11.5 Å². The highest BCUT2D eigenvalue weighted by molar-refractivity contribution is 5.67. The fourth-order valence-corrected chi connectivity index (χ4v) is 2.61. The fourth-order valence-electron chi connectivity index (χ4n) is 2.61. The van der Waals surface area contributed by atoms with Crippen LogP contribution in [-0.2, 0) is 11.0 Å². The Morgan fingerprint density at radius 1 is 0.931 bits per heavy atom. The molecule has 2 aromatic carbocycles. The number of benzene rings is 2. The summed E-state index contributed by atoms with van der Waals surface area (Å²) in [4.78, 5) is 10.8. The summed E-state index contributed by atoms with van der Waals surface area (Å²) in [5, 5.41) is 8.87. The average Bonchev–Trinajstić information content (AvgIpc) is 2.64. The summed E-state index contributed by atoms with van der Waals surface area (Å²) < 4.78 is 49.2. The number of alkyl halides is 3. The molecule has 0 amide bonds. The van der Waals surface area contributed by atoms with Gasteiger partial charge in [0.2, 0.25) is 0 Å². The standard InChI is InChI=1S/C22H25F3O4/c1-15(12-20(26)27)16-4-8-18(9-5-16)28-13-21(2,3)14-29-19-10-6-17(7-11-19)22(23,24)25/h4-11,15H,12-14H2,1-3H3,(H,26,27). The maximum atomic E-state index is 12.6. The third-order valence-corrected chi connectivity index (χ3v) is 4.37. The number of hydrogen-bond donors (Lipinski definition) is 1. The van der Waals surface area contributed by atoms with E-state index in [-0.39, 0.29) is 24.4 Å². The van der Waals surface area contributed by atoms with Crippen molar-refractivity contribution in [1.82, 2.24) is 0 Å². The zero-order chi connectivity index (χ0) is 21.7. The molecule has 2 aromatic rings. The molecule has 29 heavy (non-hydrogen) atoms. The van der Waals surface area contributed by atoms with Crippen LogP contribution < -0.4 is 9.47 Å². The van der Waals surface area contributed by atoms with E-state index >= 15 is 0 Å². The molecule has 0 aliphatic rings. The number of ether oxygens (including phenoxy) is 2. The first kappa shape index (κ1) is 22.6. The van der Waals surface area contributed by atoms with Gasteiger partial charge in [0.25, 0.3) is 0 Å². The minimum absolute atomic E-state index is 0.0640. The Balaban J connectivity index is 1.85. The second kappa shape index (κ2) is 9.20. The van der Waals surface area contributed by atoms with Crippen LogP contribution >= 0.6 is 0 Å². The Hall–Kier alpha value is -2.70. The van der Waals surface area contributed by atoms with Crippen molar-refractivity contribution in [3.05, 3.63) is 59.7 Å². The van der Waals surface area contributed by atoms with Crippen LogP contribution in [0.4, 0.5) is 13.2 Å². The van der Waals surface area contributed by atoms with Gasteiger partial charge in [-0.25, -0.2) is 0 Å². The van der Waals surface area contributed by atoms with Crippen molar-refractivity contribution in [2.24, 2.45) is 5.41 Å². The van der Waals surface area contributed by atoms with E-state index in [1.807, 2.05) is 32.9 Å². The summed E-state index contributed by atoms with van der Waals surface area (Å²) in [7, 11) is 0. The summed E-state index contributed by atoms with van der Waals surface area (Å²) >= 11 is 0. The number of halogens is 3. The minimum Gasteiger partial charge on any atom is -0.493 e. The topological polar surface area (TPSA) is 55.8 Å². The van der Waals surface area contributed by atoms with Gasteiger partial charge in [0, 0.05) is 5.41 Å². The Morgan fingerprint density at radius 3 is 1.79 bits per heavy atom. The third kappa shape index (κ3) is 7.33. The van der Waals surface area contributed by atoms with Crippen LogP contribution in [0.1, 0.15) is 44.2 Å². The quantitative estimate of drug-likeness (QED) is 0.570. The van der Waals surface area contributed by atoms with E-state index in [1.54, 1.807) is 12.1 Å². The van der Waals surface area contributed by atoms with Crippen molar-refractivity contribution in [3.63, 3.8) is 0 Å². The van der Waals surface area contributed by atoms with Gasteiger partial charge in [-0.3, -0.25) is 4.79 Å². The molecule has 0 spiro atoms. The summed E-state index contributed by atoms with van der Waals surface area (Å²) in [6.45, 7) is 6.33. The molecule has 0 bridgehead atoms. The highest BCUT2D eigenvalue weighted by Gasteiger charge is 2.30. The van der Waals surface area contributed by atoms with Crippen molar-refractivity contribution in [2.75, 3.05) is 13.2 Å². The molecule has 0 fully saturated rings. The lowest BCUT2D eigenvalue weighted by molar-refractivity contribution is -0.138. The SMILES string of the molecule is CC(CC(=O)O)c1ccc(OCC(C)(C)COc2ccc(C(F)(F)F)cc2)cc1. The predicted molar refractivity (Wildman–Crippen MR) is 103 cm³/mol. The Morgan fingerprint density at radius 2 is 1.38 bits per heavy atom. The first-order valence-corrected chi connectivity index (χ1v) is 9.21. The predicted octanol–water partition coefficient (Wildman–Crippen LogP) is 5.77. The zero-order valence-corrected chi connectivity index (χ0v) is 16.6. The van der Waals surface area contributed by atoms with Gasteiger partial charge < -0.3 is 14.6 Å². The lowest BCUT2D eigenvalue weighted by Gasteiger charge is -2.25. The lowest BCUT2D eigenvalue weighted by atomic mass is 9.96. The van der Waals surface area contributed by atoms with Crippen LogP contribution in [0.3, 0.4) is 0 Å². The van der Waals surface area contributed by atoms with Crippen LogP contribution in [0.2, 0.25) is 0 Å². The van der Waals surface area contributed by atoms with Crippen molar-refractivity contribution < 1.29 is 32.5 Å². The molecule has 0 aromatic heterocycles. The maximum absolute atomic E-state index is 12.6. The van der Waals surface area contributed by atoms with Gasteiger partial charge in [-0.2, -0.15) is 13.2 Å². The minimum atomic E-state index is -4.37. The normalized spacial score (nSPS) is 13.0. The second-order valence-corrected chi connectivity index (χ2v) is 7.83. The highest BCUT2D eigenvalue weighted by atomic mass is 19.4. The summed E-state index contributed by atoms with van der Waals surface area (Å²) in [6, 6.07) is 11.9. The van der Waals surface area contributed by atoms with Crippen LogP contribution in [0.25, 0.3) is 0 Å². The van der Waals surface area contributed by atoms with Gasteiger partial charge in [0.15, 0.2) is 0 Å². The summed E-state index contributed by atoms with van der Waals surface area (Å²) in [5.74, 6) is 0.0875. The number of aliphatic carboxylic acids is 1. The van der Waals surface area contributed by atoms with Crippen LogP contribution in [0, 0.1) is 5.41 Å². The first-order chi connectivity index (χ1) is 13.5. The molecule has 0 aliphatic heterocycles. The Labute approximate surface area is 168 Å². The monoisotopic (exact) mass is 410 g/mol. The number of hydrogen-bond acceptors (Lipinski definition) is 3. The number of carboxylic acid groups (broad SMARTS) is 1. The fraction of sp³-hybridized carbons (Fsp3) is 0.409. The summed E-state index contributed by atoms with van der Waals surface area (Å²) in [6.07, 6.45) is -4.30. The molecule has 4 nitrogen and oxygen atoms in total. The van der Waals surface area contributed by atoms with Gasteiger partial charge in [0.1, 0.15) is 11.5 Å². The molecule has 1 unspecified atom stereocenters. The van der Waals surface area contributed by atoms with Gasteiger partial charge in [-0.05, 0) is 47.9 Å². The van der Waals surface area contributed by atoms with E-state index in [2.05, 4.69) is 0 Å². The van der Waals surface area contributed by atoms with Gasteiger partial charge in [0.05, 0.1) is 25.2 Å². The van der Waals surface area contributed by atoms with E-state index in [1.165, 1.54) is 12.1 Å². The van der Waals surface area contributed by atoms with E-state index in [0.717, 1.165) is 17.7 Å². The van der Waals surface area contributed by atoms with E-state index in [0.29, 0.717) is 18.1 Å². The molecule has 0 aliphatic carbocycles. The molecule has 0 radical (unpaired) electrons. The van der Waals surface area contributed by atoms with E-state index in [4.69, 9.17) is 14.6 Å².